The summed E-state index contributed by atoms with van der Waals surface area (Å²) < 4.78 is 5.86. The Kier molecular flexibility index (Phi) is 14.6. The van der Waals surface area contributed by atoms with E-state index in [1.54, 1.807) is 67.6 Å². The van der Waals surface area contributed by atoms with Crippen LogP contribution in [-0.4, -0.2) is 53.3 Å². The molecule has 0 aliphatic carbocycles. The Morgan fingerprint density at radius 1 is 0.792 bits per heavy atom. The minimum atomic E-state index is -2.21. The number of alkyl halides is 1. The summed E-state index contributed by atoms with van der Waals surface area (Å²) in [5.41, 5.74) is -0.230. The summed E-state index contributed by atoms with van der Waals surface area (Å²) in [5, 5.41) is 9.47. The Balaban J connectivity index is 1.78. The quantitative estimate of drug-likeness (QED) is 0.0221. The van der Waals surface area contributed by atoms with Crippen molar-refractivity contribution in [3.8, 4) is 0 Å². The fourth-order valence-corrected chi connectivity index (χ4v) is 6.89. The molecule has 0 saturated carbocycles. The first-order chi connectivity index (χ1) is 25.6. The number of rotatable bonds is 21. The van der Waals surface area contributed by atoms with Crippen molar-refractivity contribution in [2.45, 2.75) is 61.3 Å². The number of non-ortho nitro benzene ring substituents is 1. The lowest BCUT2D eigenvalue weighted by Crippen LogP contribution is -2.53. The highest BCUT2D eigenvalue weighted by atomic mass is 35.5. The van der Waals surface area contributed by atoms with Crippen LogP contribution < -0.4 is 0 Å². The zero-order chi connectivity index (χ0) is 38.4. The summed E-state index contributed by atoms with van der Waals surface area (Å²) in [6.45, 7) is 1.79. The van der Waals surface area contributed by atoms with E-state index in [4.69, 9.17) is 16.3 Å². The maximum Gasteiger partial charge on any atom is 0.325 e. The van der Waals surface area contributed by atoms with Crippen molar-refractivity contribution in [2.75, 3.05) is 0 Å². The van der Waals surface area contributed by atoms with Crippen LogP contribution in [0.3, 0.4) is 0 Å². The Hall–Kier alpha value is -5.61. The van der Waals surface area contributed by atoms with Gasteiger partial charge in [-0.05, 0) is 47.4 Å². The van der Waals surface area contributed by atoms with Gasteiger partial charge in [0.1, 0.15) is 42.0 Å². The van der Waals surface area contributed by atoms with Crippen LogP contribution in [0.4, 0.5) is 5.69 Å². The fourth-order valence-electron chi connectivity index (χ4n) is 6.69. The molecule has 274 valence electrons. The number of nitro benzene ring substituents is 1. The molecule has 7 atom stereocenters. The van der Waals surface area contributed by atoms with Crippen LogP contribution in [0.5, 0.6) is 0 Å². The number of esters is 1. The van der Waals surface area contributed by atoms with E-state index in [0.29, 0.717) is 36.4 Å². The molecule has 0 spiro atoms. The molecular formula is C42H40ClNO9. The number of hydrogen-bond acceptors (Lipinski definition) is 9. The first kappa shape index (κ1) is 40.2. The molecule has 0 radical (unpaired) electrons. The number of ether oxygens (including phenoxy) is 1. The average Bonchev–Trinajstić information content (AvgIpc) is 3.19. The first-order valence-electron chi connectivity index (χ1n) is 17.2. The third kappa shape index (κ3) is 9.84. The normalized spacial score (nSPS) is 15.6. The van der Waals surface area contributed by atoms with Crippen LogP contribution in [0, 0.1) is 22.0 Å². The summed E-state index contributed by atoms with van der Waals surface area (Å²) in [5.74, 6) is -4.56. The Bertz CT molecular complexity index is 1850. The number of ketones is 1. The number of aldehydes is 4. The fraction of sp³-hybridized carbons (Fsp3) is 0.286. The van der Waals surface area contributed by atoms with E-state index in [1.807, 2.05) is 30.3 Å². The van der Waals surface area contributed by atoms with Gasteiger partial charge in [-0.15, -0.1) is 11.6 Å². The molecule has 0 heterocycles. The van der Waals surface area contributed by atoms with Crippen molar-refractivity contribution in [1.82, 2.24) is 0 Å². The minimum absolute atomic E-state index is 0.0737. The zero-order valence-electron chi connectivity index (χ0n) is 29.1. The van der Waals surface area contributed by atoms with Gasteiger partial charge in [-0.25, -0.2) is 0 Å². The molecule has 0 saturated heterocycles. The summed E-state index contributed by atoms with van der Waals surface area (Å²) >= 11 is 6.55. The van der Waals surface area contributed by atoms with E-state index < -0.39 is 51.8 Å². The van der Waals surface area contributed by atoms with E-state index >= 15 is 4.79 Å². The number of carbonyl (C=O) groups excluding carboxylic acids is 6. The smallest absolute Gasteiger partial charge is 0.325 e. The van der Waals surface area contributed by atoms with E-state index in [2.05, 4.69) is 0 Å². The predicted molar refractivity (Wildman–Crippen MR) is 199 cm³/mol. The van der Waals surface area contributed by atoms with E-state index in [-0.39, 0.29) is 35.9 Å². The third-order valence-electron chi connectivity index (χ3n) is 9.51. The second-order valence-electron chi connectivity index (χ2n) is 13.0. The van der Waals surface area contributed by atoms with Gasteiger partial charge in [-0.2, -0.15) is 0 Å². The SMILES string of the molecule is CC(C=O)CC(CC(C(=O)C(C=O)(c1ccccc1)C(CC=O)OC(=O)C(Cl)C(C=O)Cc1ccc([N+](=O)[O-])cc1)c1ccccc1)c1ccccc1. The second kappa shape index (κ2) is 19.3. The van der Waals surface area contributed by atoms with Crippen molar-refractivity contribution >= 4 is 54.2 Å². The summed E-state index contributed by atoms with van der Waals surface area (Å²) in [6.07, 6.45) is 0.449. The van der Waals surface area contributed by atoms with Gasteiger partial charge in [0.05, 0.1) is 4.92 Å². The molecular weight excluding hydrogens is 698 g/mol. The third-order valence-corrected chi connectivity index (χ3v) is 10.0. The molecule has 53 heavy (non-hydrogen) atoms. The predicted octanol–water partition coefficient (Wildman–Crippen LogP) is 6.95. The van der Waals surface area contributed by atoms with Crippen LogP contribution in [0.25, 0.3) is 0 Å². The first-order valence-corrected chi connectivity index (χ1v) is 17.6. The van der Waals surface area contributed by atoms with Gasteiger partial charge in [0, 0.05) is 36.3 Å². The molecule has 0 aliphatic rings. The molecule has 0 fully saturated rings. The highest BCUT2D eigenvalue weighted by Crippen LogP contribution is 2.42. The molecule has 10 nitrogen and oxygen atoms in total. The lowest BCUT2D eigenvalue weighted by Gasteiger charge is -2.38. The number of carbonyl (C=O) groups is 6. The van der Waals surface area contributed by atoms with Gasteiger partial charge in [-0.3, -0.25) is 19.7 Å². The van der Waals surface area contributed by atoms with E-state index in [9.17, 15) is 34.1 Å². The van der Waals surface area contributed by atoms with Crippen LogP contribution in [0.1, 0.15) is 60.3 Å². The van der Waals surface area contributed by atoms with Gasteiger partial charge in [0.2, 0.25) is 0 Å². The molecule has 7 unspecified atom stereocenters. The van der Waals surface area contributed by atoms with Crippen molar-refractivity contribution in [1.29, 1.82) is 0 Å². The largest absolute Gasteiger partial charge is 0.459 e. The highest BCUT2D eigenvalue weighted by Gasteiger charge is 2.52. The maximum absolute atomic E-state index is 15.3. The molecule has 0 N–H and O–H groups in total. The monoisotopic (exact) mass is 737 g/mol. The highest BCUT2D eigenvalue weighted by molar-refractivity contribution is 6.31. The van der Waals surface area contributed by atoms with Crippen LogP contribution >= 0.6 is 11.6 Å². The number of nitrogens with zero attached hydrogens (tertiary/aromatic N) is 1. The molecule has 0 bridgehead atoms. The molecule has 0 amide bonds. The van der Waals surface area contributed by atoms with Gasteiger partial charge in [-0.1, -0.05) is 110 Å². The average molecular weight is 738 g/mol. The van der Waals surface area contributed by atoms with Gasteiger partial charge < -0.3 is 23.9 Å². The van der Waals surface area contributed by atoms with Crippen LogP contribution in [0.2, 0.25) is 0 Å². The van der Waals surface area contributed by atoms with E-state index in [1.165, 1.54) is 24.3 Å². The minimum Gasteiger partial charge on any atom is -0.459 e. The Morgan fingerprint density at radius 3 is 1.87 bits per heavy atom. The second-order valence-corrected chi connectivity index (χ2v) is 13.5. The van der Waals surface area contributed by atoms with Gasteiger partial charge in [0.25, 0.3) is 5.69 Å². The topological polar surface area (TPSA) is 155 Å². The van der Waals surface area contributed by atoms with Crippen molar-refractivity contribution in [2.24, 2.45) is 11.8 Å². The Labute approximate surface area is 312 Å². The van der Waals surface area contributed by atoms with E-state index in [0.717, 1.165) is 11.8 Å². The zero-order valence-corrected chi connectivity index (χ0v) is 29.8. The lowest BCUT2D eigenvalue weighted by molar-refractivity contribution is -0.384. The van der Waals surface area contributed by atoms with Crippen molar-refractivity contribution < 1.29 is 38.4 Å². The molecule has 4 aromatic rings. The molecule has 4 aromatic carbocycles. The Morgan fingerprint density at radius 2 is 1.36 bits per heavy atom. The molecule has 11 heteroatoms. The number of benzene rings is 4. The summed E-state index contributed by atoms with van der Waals surface area (Å²) in [4.78, 5) is 89.5. The van der Waals surface area contributed by atoms with Gasteiger partial charge in [0.15, 0.2) is 5.78 Å². The van der Waals surface area contributed by atoms with Crippen LogP contribution in [0.15, 0.2) is 115 Å². The van der Waals surface area contributed by atoms with Gasteiger partial charge >= 0.3 is 5.97 Å². The summed E-state index contributed by atoms with van der Waals surface area (Å²) in [6, 6.07) is 31.7. The van der Waals surface area contributed by atoms with Crippen molar-refractivity contribution in [3.63, 3.8) is 0 Å². The maximum atomic E-state index is 15.3. The number of hydrogen-bond donors (Lipinski definition) is 0. The molecule has 0 aliphatic heterocycles. The molecule has 0 aromatic heterocycles. The standard InChI is InChI=1S/C42H40ClNO9/c1-29(26-46)23-33(31-11-5-2-6-12-31)25-37(32-13-7-3-8-14-32)40(49)42(28-48,35-15-9-4-10-16-35)38(21-22-45)53-41(50)39(43)34(27-47)24-30-17-19-36(20-18-30)44(51)52/h2-20,22,26-29,33-34,37-39H,21,23-25H2,1H3. The summed E-state index contributed by atoms with van der Waals surface area (Å²) in [7, 11) is 0. The number of nitro groups is 1. The lowest BCUT2D eigenvalue weighted by atomic mass is 9.65. The number of halogens is 1. The van der Waals surface area contributed by atoms with Crippen molar-refractivity contribution in [3.05, 3.63) is 148 Å². The van der Waals surface area contributed by atoms with Crippen LogP contribution in [-0.2, 0) is 45.3 Å². The molecule has 4 rings (SSSR count). The number of Topliss-reactive ketones (excluding diaryl/α,β-unsaturated/α-hetero) is 1.